The molecule has 1 aliphatic heterocycles. The van der Waals surface area contributed by atoms with Gasteiger partial charge in [-0.3, -0.25) is 19.3 Å². The number of hydrogen-bond donors (Lipinski definition) is 1. The summed E-state index contributed by atoms with van der Waals surface area (Å²) in [6.45, 7) is 0.221. The highest BCUT2D eigenvalue weighted by molar-refractivity contribution is 8.18. The van der Waals surface area contributed by atoms with Gasteiger partial charge in [-0.1, -0.05) is 30.3 Å². The lowest BCUT2D eigenvalue weighted by Crippen LogP contribution is -2.37. The molecule has 1 heterocycles. The standard InChI is InChI=1S/C21H20N2O5S/c1-27-16-11-15(12-17(13-16)28-2)19(24)22-8-9-23-20(25)18(29-21(23)26)10-14-6-4-3-5-7-14/h3-7,10-13H,8-9H2,1-2H3,(H,22,24). The summed E-state index contributed by atoms with van der Waals surface area (Å²) in [6, 6.07) is 14.1. The molecule has 8 heteroatoms. The van der Waals surface area contributed by atoms with Crippen LogP contribution in [-0.4, -0.2) is 49.3 Å². The van der Waals surface area contributed by atoms with Gasteiger partial charge >= 0.3 is 0 Å². The molecule has 0 saturated carbocycles. The Morgan fingerprint density at radius 2 is 1.72 bits per heavy atom. The van der Waals surface area contributed by atoms with Crippen molar-refractivity contribution < 1.29 is 23.9 Å². The number of methoxy groups -OCH3 is 2. The van der Waals surface area contributed by atoms with Crippen LogP contribution in [0.3, 0.4) is 0 Å². The second kappa shape index (κ2) is 9.29. The van der Waals surface area contributed by atoms with Crippen molar-refractivity contribution in [1.29, 1.82) is 0 Å². The molecule has 150 valence electrons. The average molecular weight is 412 g/mol. The van der Waals surface area contributed by atoms with Gasteiger partial charge in [-0.15, -0.1) is 0 Å². The molecule has 1 aliphatic rings. The number of imide groups is 1. The Labute approximate surface area is 172 Å². The summed E-state index contributed by atoms with van der Waals surface area (Å²) in [6.07, 6.45) is 1.69. The van der Waals surface area contributed by atoms with Gasteiger partial charge in [0.25, 0.3) is 17.1 Å². The molecule has 0 aromatic heterocycles. The van der Waals surface area contributed by atoms with Crippen molar-refractivity contribution in [2.24, 2.45) is 0 Å². The van der Waals surface area contributed by atoms with Gasteiger partial charge in [-0.05, 0) is 35.5 Å². The van der Waals surface area contributed by atoms with Crippen LogP contribution in [0.25, 0.3) is 6.08 Å². The van der Waals surface area contributed by atoms with Crippen LogP contribution in [0.4, 0.5) is 4.79 Å². The third kappa shape index (κ3) is 4.97. The van der Waals surface area contributed by atoms with Crippen molar-refractivity contribution in [2.45, 2.75) is 0 Å². The lowest BCUT2D eigenvalue weighted by molar-refractivity contribution is -0.122. The molecule has 1 fully saturated rings. The predicted molar refractivity (Wildman–Crippen MR) is 111 cm³/mol. The van der Waals surface area contributed by atoms with E-state index in [2.05, 4.69) is 5.32 Å². The van der Waals surface area contributed by atoms with E-state index in [1.807, 2.05) is 30.3 Å². The monoisotopic (exact) mass is 412 g/mol. The fourth-order valence-corrected chi connectivity index (χ4v) is 3.58. The Kier molecular flexibility index (Phi) is 6.56. The molecule has 2 aromatic carbocycles. The van der Waals surface area contributed by atoms with Crippen molar-refractivity contribution >= 4 is 34.9 Å². The van der Waals surface area contributed by atoms with Crippen LogP contribution in [0.1, 0.15) is 15.9 Å². The first kappa shape index (κ1) is 20.5. The van der Waals surface area contributed by atoms with Gasteiger partial charge in [0, 0.05) is 24.7 Å². The third-order valence-corrected chi connectivity index (χ3v) is 5.11. The minimum Gasteiger partial charge on any atom is -0.497 e. The Balaban J connectivity index is 1.60. The topological polar surface area (TPSA) is 84.9 Å². The lowest BCUT2D eigenvalue weighted by Gasteiger charge is -2.13. The Hall–Kier alpha value is -3.26. The van der Waals surface area contributed by atoms with Crippen molar-refractivity contribution in [3.05, 3.63) is 64.6 Å². The minimum absolute atomic E-state index is 0.0869. The first-order valence-corrected chi connectivity index (χ1v) is 9.65. The minimum atomic E-state index is -0.360. The van der Waals surface area contributed by atoms with Gasteiger partial charge in [-0.25, -0.2) is 0 Å². The number of benzene rings is 2. The van der Waals surface area contributed by atoms with Gasteiger partial charge in [0.05, 0.1) is 19.1 Å². The summed E-state index contributed by atoms with van der Waals surface area (Å²) in [7, 11) is 3.00. The van der Waals surface area contributed by atoms with Gasteiger partial charge in [0.2, 0.25) is 0 Å². The molecule has 1 saturated heterocycles. The summed E-state index contributed by atoms with van der Waals surface area (Å²) in [5, 5.41) is 2.36. The van der Waals surface area contributed by atoms with Gasteiger partial charge in [0.1, 0.15) is 11.5 Å². The summed E-state index contributed by atoms with van der Waals surface area (Å²) in [4.78, 5) is 38.6. The fraction of sp³-hybridized carbons (Fsp3) is 0.190. The van der Waals surface area contributed by atoms with Crippen LogP contribution >= 0.6 is 11.8 Å². The molecule has 0 unspecified atom stereocenters. The Morgan fingerprint density at radius 3 is 2.34 bits per heavy atom. The smallest absolute Gasteiger partial charge is 0.293 e. The highest BCUT2D eigenvalue weighted by atomic mass is 32.2. The first-order chi connectivity index (χ1) is 14.0. The molecule has 0 radical (unpaired) electrons. The number of carbonyl (C=O) groups excluding carboxylic acids is 3. The molecule has 1 N–H and O–H groups in total. The van der Waals surface area contributed by atoms with Crippen LogP contribution in [0.5, 0.6) is 11.5 Å². The maximum atomic E-state index is 12.5. The van der Waals surface area contributed by atoms with Gasteiger partial charge in [0.15, 0.2) is 0 Å². The Morgan fingerprint density at radius 1 is 1.07 bits per heavy atom. The maximum absolute atomic E-state index is 12.5. The molecule has 0 spiro atoms. The largest absolute Gasteiger partial charge is 0.497 e. The van der Waals surface area contributed by atoms with Gasteiger partial charge < -0.3 is 14.8 Å². The number of nitrogens with one attached hydrogen (secondary N) is 1. The van der Waals surface area contributed by atoms with E-state index in [0.717, 1.165) is 22.2 Å². The van der Waals surface area contributed by atoms with Crippen molar-refractivity contribution in [3.63, 3.8) is 0 Å². The summed E-state index contributed by atoms with van der Waals surface area (Å²) < 4.78 is 10.3. The number of ether oxygens (including phenoxy) is 2. The van der Waals surface area contributed by atoms with Crippen LogP contribution in [0.15, 0.2) is 53.4 Å². The Bertz CT molecular complexity index is 937. The summed E-state index contributed by atoms with van der Waals surface area (Å²) in [5.41, 5.74) is 1.21. The number of nitrogens with zero attached hydrogens (tertiary/aromatic N) is 1. The predicted octanol–water partition coefficient (Wildman–Crippen LogP) is 3.17. The van der Waals surface area contributed by atoms with Crippen LogP contribution in [0.2, 0.25) is 0 Å². The normalized spacial score (nSPS) is 15.0. The van der Waals surface area contributed by atoms with E-state index in [1.165, 1.54) is 14.2 Å². The third-order valence-electron chi connectivity index (χ3n) is 4.21. The molecule has 0 aliphatic carbocycles. The number of hydrogen-bond acceptors (Lipinski definition) is 6. The zero-order chi connectivity index (χ0) is 20.8. The number of amides is 3. The average Bonchev–Trinajstić information content (AvgIpc) is 3.01. The maximum Gasteiger partial charge on any atom is 0.293 e. The molecule has 0 bridgehead atoms. The lowest BCUT2D eigenvalue weighted by atomic mass is 10.2. The van der Waals surface area contributed by atoms with E-state index in [1.54, 1.807) is 24.3 Å². The second-order valence-corrected chi connectivity index (χ2v) is 7.09. The molecule has 29 heavy (non-hydrogen) atoms. The highest BCUT2D eigenvalue weighted by Crippen LogP contribution is 2.31. The quantitative estimate of drug-likeness (QED) is 0.703. The van der Waals surface area contributed by atoms with E-state index < -0.39 is 0 Å². The van der Waals surface area contributed by atoms with E-state index in [4.69, 9.17) is 9.47 Å². The van der Waals surface area contributed by atoms with Crippen molar-refractivity contribution in [3.8, 4) is 11.5 Å². The molecule has 0 atom stereocenters. The molecule has 3 rings (SSSR count). The van der Waals surface area contributed by atoms with Crippen LogP contribution in [0, 0.1) is 0 Å². The van der Waals surface area contributed by atoms with E-state index in [0.29, 0.717) is 22.0 Å². The summed E-state index contributed by atoms with van der Waals surface area (Å²) in [5.74, 6) is 0.271. The number of carbonyl (C=O) groups is 3. The van der Waals surface area contributed by atoms with Crippen LogP contribution in [-0.2, 0) is 4.79 Å². The van der Waals surface area contributed by atoms with E-state index in [9.17, 15) is 14.4 Å². The number of rotatable bonds is 7. The van der Waals surface area contributed by atoms with Gasteiger partial charge in [-0.2, -0.15) is 0 Å². The molecule has 7 nitrogen and oxygen atoms in total. The van der Waals surface area contributed by atoms with Crippen molar-refractivity contribution in [1.82, 2.24) is 10.2 Å². The van der Waals surface area contributed by atoms with E-state index >= 15 is 0 Å². The van der Waals surface area contributed by atoms with Crippen LogP contribution < -0.4 is 14.8 Å². The zero-order valence-electron chi connectivity index (χ0n) is 16.0. The molecule has 2 aromatic rings. The summed E-state index contributed by atoms with van der Waals surface area (Å²) >= 11 is 0.894. The molecule has 3 amide bonds. The first-order valence-electron chi connectivity index (χ1n) is 8.83. The highest BCUT2D eigenvalue weighted by Gasteiger charge is 2.34. The zero-order valence-corrected chi connectivity index (χ0v) is 16.8. The van der Waals surface area contributed by atoms with Crippen molar-refractivity contribution in [2.75, 3.05) is 27.3 Å². The number of thioether (sulfide) groups is 1. The van der Waals surface area contributed by atoms with E-state index in [-0.39, 0.29) is 30.1 Å². The fourth-order valence-electron chi connectivity index (χ4n) is 2.72. The SMILES string of the molecule is COc1cc(OC)cc(C(=O)NCCN2C(=O)SC(=Cc3ccccc3)C2=O)c1. The molecular formula is C21H20N2O5S. The molecular weight excluding hydrogens is 392 g/mol. The second-order valence-electron chi connectivity index (χ2n) is 6.10.